The molecule has 0 atom stereocenters. The highest BCUT2D eigenvalue weighted by molar-refractivity contribution is 5.64. The minimum absolute atomic E-state index is 0.149. The van der Waals surface area contributed by atoms with Gasteiger partial charge < -0.3 is 0 Å². The van der Waals surface area contributed by atoms with Crippen LogP contribution in [0.1, 0.15) is 68.4 Å². The molecule has 2 fully saturated rings. The van der Waals surface area contributed by atoms with Gasteiger partial charge in [0.1, 0.15) is 11.6 Å². The van der Waals surface area contributed by atoms with Gasteiger partial charge in [-0.15, -0.1) is 0 Å². The highest BCUT2D eigenvalue weighted by Gasteiger charge is 2.34. The number of hydrogen-bond donors (Lipinski definition) is 0. The van der Waals surface area contributed by atoms with Crippen molar-refractivity contribution >= 4 is 0 Å². The van der Waals surface area contributed by atoms with Crippen LogP contribution >= 0.6 is 0 Å². The lowest BCUT2D eigenvalue weighted by Gasteiger charge is -2.37. The molecule has 0 bridgehead atoms. The van der Waals surface area contributed by atoms with E-state index in [0.29, 0.717) is 24.7 Å². The molecule has 0 nitrogen and oxygen atoms in total. The van der Waals surface area contributed by atoms with Crippen molar-refractivity contribution in [2.24, 2.45) is 17.8 Å². The molecule has 178 valence electrons. The van der Waals surface area contributed by atoms with Crippen LogP contribution in [0, 0.1) is 30.5 Å². The Morgan fingerprint density at radius 1 is 0.788 bits per heavy atom. The van der Waals surface area contributed by atoms with Gasteiger partial charge in [-0.2, -0.15) is 13.2 Å². The molecule has 2 aliphatic carbocycles. The molecule has 2 aromatic rings. The van der Waals surface area contributed by atoms with Crippen molar-refractivity contribution in [1.29, 1.82) is 0 Å². The molecule has 0 spiro atoms. The Morgan fingerprint density at radius 2 is 1.33 bits per heavy atom. The highest BCUT2D eigenvalue weighted by atomic mass is 19.4. The molecular formula is C28H31F5. The number of benzene rings is 2. The maximum Gasteiger partial charge on any atom is 0.412 e. The maximum atomic E-state index is 15.0. The zero-order valence-electron chi connectivity index (χ0n) is 19.0. The number of halogens is 5. The molecule has 0 aliphatic heterocycles. The summed E-state index contributed by atoms with van der Waals surface area (Å²) in [6.07, 6.45) is 1.60. The van der Waals surface area contributed by atoms with Gasteiger partial charge in [-0.25, -0.2) is 8.78 Å². The Bertz CT molecular complexity index is 957. The Morgan fingerprint density at radius 3 is 1.88 bits per heavy atom. The average Bonchev–Trinajstić information content (AvgIpc) is 2.79. The molecule has 0 radical (unpaired) electrons. The molecule has 2 aromatic carbocycles. The number of allylic oxidation sites excluding steroid dienone is 2. The van der Waals surface area contributed by atoms with Gasteiger partial charge in [0.05, 0.1) is 6.08 Å². The van der Waals surface area contributed by atoms with Crippen molar-refractivity contribution in [3.05, 3.63) is 71.3 Å². The molecule has 0 N–H and O–H groups in total. The summed E-state index contributed by atoms with van der Waals surface area (Å²) in [5.74, 6) is -0.614. The van der Waals surface area contributed by atoms with Gasteiger partial charge in [0.2, 0.25) is 0 Å². The molecule has 0 saturated heterocycles. The predicted octanol–water partition coefficient (Wildman–Crippen LogP) is 9.30. The highest BCUT2D eigenvalue weighted by Crippen LogP contribution is 2.46. The lowest BCUT2D eigenvalue weighted by atomic mass is 9.68. The van der Waals surface area contributed by atoms with Gasteiger partial charge in [-0.3, -0.25) is 0 Å². The van der Waals surface area contributed by atoms with E-state index < -0.39 is 17.9 Å². The van der Waals surface area contributed by atoms with E-state index in [-0.39, 0.29) is 17.8 Å². The largest absolute Gasteiger partial charge is 0.412 e. The fourth-order valence-electron chi connectivity index (χ4n) is 5.83. The second kappa shape index (κ2) is 9.99. The molecule has 0 unspecified atom stereocenters. The summed E-state index contributed by atoms with van der Waals surface area (Å²) in [4.78, 5) is 0. The Balaban J connectivity index is 1.31. The Kier molecular flexibility index (Phi) is 7.25. The first-order chi connectivity index (χ1) is 15.7. The number of alkyl halides is 3. The number of aryl methyl sites for hydroxylation is 1. The van der Waals surface area contributed by atoms with Crippen LogP contribution < -0.4 is 0 Å². The normalized spacial score (nSPS) is 26.9. The van der Waals surface area contributed by atoms with Gasteiger partial charge in [0, 0.05) is 5.92 Å². The van der Waals surface area contributed by atoms with E-state index in [1.54, 1.807) is 6.07 Å². The SMILES string of the molecule is Cc1ccc(-c2ccc(C3CCC(C4CCC(/C(F)=C/C(F)(F)F)CC4)CC3)c(F)c2)cc1. The first kappa shape index (κ1) is 24.0. The molecule has 4 rings (SSSR count). The number of hydrogen-bond acceptors (Lipinski definition) is 0. The summed E-state index contributed by atoms with van der Waals surface area (Å²) in [5, 5.41) is 0. The minimum Gasteiger partial charge on any atom is -0.212 e. The van der Waals surface area contributed by atoms with E-state index >= 15 is 0 Å². The van der Waals surface area contributed by atoms with Crippen LogP contribution in [-0.2, 0) is 0 Å². The molecule has 5 heteroatoms. The maximum absolute atomic E-state index is 15.0. The van der Waals surface area contributed by atoms with E-state index in [9.17, 15) is 22.0 Å². The molecule has 2 saturated carbocycles. The predicted molar refractivity (Wildman–Crippen MR) is 122 cm³/mol. The second-order valence-electron chi connectivity index (χ2n) is 9.90. The van der Waals surface area contributed by atoms with Crippen molar-refractivity contribution in [2.45, 2.75) is 70.4 Å². The van der Waals surface area contributed by atoms with Crippen molar-refractivity contribution in [1.82, 2.24) is 0 Å². The van der Waals surface area contributed by atoms with Crippen molar-refractivity contribution in [2.75, 3.05) is 0 Å². The molecule has 0 heterocycles. The lowest BCUT2D eigenvalue weighted by molar-refractivity contribution is -0.0821. The molecule has 0 amide bonds. The van der Waals surface area contributed by atoms with Crippen molar-refractivity contribution < 1.29 is 22.0 Å². The third-order valence-electron chi connectivity index (χ3n) is 7.73. The van der Waals surface area contributed by atoms with E-state index in [1.807, 2.05) is 43.3 Å². The second-order valence-corrected chi connectivity index (χ2v) is 9.90. The van der Waals surface area contributed by atoms with E-state index in [2.05, 4.69) is 0 Å². The fraction of sp³-hybridized carbons (Fsp3) is 0.500. The molecule has 2 aliphatic rings. The standard InChI is InChI=1S/C28H31F5/c1-18-2-4-21(5-3-18)24-14-15-25(26(29)16-24)22-10-6-19(7-11-22)20-8-12-23(13-9-20)27(30)17-28(31,32)33/h2-5,14-17,19-20,22-23H,6-13H2,1H3/b27-17-. The number of rotatable bonds is 4. The molecular weight excluding hydrogens is 431 g/mol. The van der Waals surface area contributed by atoms with Crippen LogP contribution in [0.3, 0.4) is 0 Å². The third kappa shape index (κ3) is 6.04. The Labute approximate surface area is 192 Å². The van der Waals surface area contributed by atoms with Gasteiger partial charge >= 0.3 is 6.18 Å². The van der Waals surface area contributed by atoms with Gasteiger partial charge in [-0.05, 0) is 98.8 Å². The van der Waals surface area contributed by atoms with Gasteiger partial charge in [0.25, 0.3) is 0 Å². The third-order valence-corrected chi connectivity index (χ3v) is 7.73. The van der Waals surface area contributed by atoms with Crippen LogP contribution in [0.2, 0.25) is 0 Å². The van der Waals surface area contributed by atoms with Crippen LogP contribution in [0.15, 0.2) is 54.4 Å². The van der Waals surface area contributed by atoms with E-state index in [4.69, 9.17) is 0 Å². The van der Waals surface area contributed by atoms with E-state index in [1.165, 1.54) is 5.56 Å². The quantitative estimate of drug-likeness (QED) is 0.397. The summed E-state index contributed by atoms with van der Waals surface area (Å²) in [7, 11) is 0. The van der Waals surface area contributed by atoms with Crippen molar-refractivity contribution in [3.8, 4) is 11.1 Å². The topological polar surface area (TPSA) is 0 Å². The first-order valence-electron chi connectivity index (χ1n) is 12.0. The van der Waals surface area contributed by atoms with E-state index in [0.717, 1.165) is 55.2 Å². The van der Waals surface area contributed by atoms with Crippen LogP contribution in [0.25, 0.3) is 11.1 Å². The smallest absolute Gasteiger partial charge is 0.212 e. The van der Waals surface area contributed by atoms with Gasteiger partial charge in [-0.1, -0.05) is 42.0 Å². The summed E-state index contributed by atoms with van der Waals surface area (Å²) < 4.78 is 66.1. The van der Waals surface area contributed by atoms with Crippen LogP contribution in [0.4, 0.5) is 22.0 Å². The summed E-state index contributed by atoms with van der Waals surface area (Å²) in [5.41, 5.74) is 3.84. The zero-order valence-corrected chi connectivity index (χ0v) is 19.0. The monoisotopic (exact) mass is 462 g/mol. The lowest BCUT2D eigenvalue weighted by Crippen LogP contribution is -2.26. The summed E-state index contributed by atoms with van der Waals surface area (Å²) in [6.45, 7) is 2.03. The van der Waals surface area contributed by atoms with Crippen molar-refractivity contribution in [3.63, 3.8) is 0 Å². The summed E-state index contributed by atoms with van der Waals surface area (Å²) in [6, 6.07) is 13.6. The summed E-state index contributed by atoms with van der Waals surface area (Å²) >= 11 is 0. The van der Waals surface area contributed by atoms with Gasteiger partial charge in [0.15, 0.2) is 0 Å². The zero-order chi connectivity index (χ0) is 23.6. The molecule has 0 aromatic heterocycles. The average molecular weight is 463 g/mol. The van der Waals surface area contributed by atoms with Crippen LogP contribution in [0.5, 0.6) is 0 Å². The van der Waals surface area contributed by atoms with Crippen LogP contribution in [-0.4, -0.2) is 6.18 Å². The fourth-order valence-corrected chi connectivity index (χ4v) is 5.83. The molecule has 33 heavy (non-hydrogen) atoms. The minimum atomic E-state index is -4.59. The Hall–Kier alpha value is -2.17. The first-order valence-corrected chi connectivity index (χ1v) is 12.0.